The Kier molecular flexibility index (Phi) is 8.03. The fourth-order valence-corrected chi connectivity index (χ4v) is 5.76. The molecule has 0 aliphatic heterocycles. The molecule has 0 amide bonds. The summed E-state index contributed by atoms with van der Waals surface area (Å²) in [6.45, 7) is 1.95. The van der Waals surface area contributed by atoms with Crippen molar-refractivity contribution in [2.24, 2.45) is 0 Å². The van der Waals surface area contributed by atoms with Crippen LogP contribution in [-0.2, 0) is 19.6 Å². The lowest BCUT2D eigenvalue weighted by Gasteiger charge is -2.24. The van der Waals surface area contributed by atoms with Gasteiger partial charge < -0.3 is 9.64 Å². The molecular formula is C25H25Cl2N5O4S. The number of aromatic nitrogens is 3. The van der Waals surface area contributed by atoms with Gasteiger partial charge in [-0.3, -0.25) is 13.7 Å². The number of halogens is 2. The van der Waals surface area contributed by atoms with Gasteiger partial charge in [0.2, 0.25) is 0 Å². The summed E-state index contributed by atoms with van der Waals surface area (Å²) in [5.74, 6) is -0.0676. The van der Waals surface area contributed by atoms with Crippen LogP contribution in [0.1, 0.15) is 5.69 Å². The van der Waals surface area contributed by atoms with E-state index in [4.69, 9.17) is 27.9 Å². The molecule has 0 unspecified atom stereocenters. The van der Waals surface area contributed by atoms with Crippen LogP contribution < -0.4 is 4.31 Å². The number of ether oxygens (including phenoxy) is 1. The number of nitrogens with zero attached hydrogens (tertiary/aromatic N) is 5. The number of carbonyl (C=O) groups excluding carboxylic acids is 1. The van der Waals surface area contributed by atoms with E-state index in [0.29, 0.717) is 12.4 Å². The maximum atomic E-state index is 13.7. The van der Waals surface area contributed by atoms with Crippen molar-refractivity contribution < 1.29 is 17.9 Å². The number of rotatable bonds is 9. The van der Waals surface area contributed by atoms with Gasteiger partial charge in [0, 0.05) is 28.2 Å². The molecule has 0 aliphatic rings. The fourth-order valence-electron chi connectivity index (χ4n) is 3.63. The molecule has 2 heterocycles. The Labute approximate surface area is 225 Å². The predicted molar refractivity (Wildman–Crippen MR) is 144 cm³/mol. The number of anilines is 1. The van der Waals surface area contributed by atoms with Gasteiger partial charge in [-0.15, -0.1) is 5.10 Å². The van der Waals surface area contributed by atoms with E-state index in [-0.39, 0.29) is 27.2 Å². The molecule has 0 bridgehead atoms. The topological polar surface area (TPSA) is 97.6 Å². The van der Waals surface area contributed by atoms with Crippen molar-refractivity contribution in [2.45, 2.75) is 11.8 Å². The Morgan fingerprint density at radius 3 is 2.38 bits per heavy atom. The van der Waals surface area contributed by atoms with E-state index < -0.39 is 22.5 Å². The minimum Gasteiger partial charge on any atom is -0.463 e. The first-order valence-electron chi connectivity index (χ1n) is 11.3. The minimum atomic E-state index is -4.23. The molecule has 9 nitrogen and oxygen atoms in total. The molecule has 12 heteroatoms. The number of carbonyl (C=O) groups is 1. The van der Waals surface area contributed by atoms with Gasteiger partial charge in [0.1, 0.15) is 13.2 Å². The molecule has 0 spiro atoms. The first-order valence-corrected chi connectivity index (χ1v) is 13.5. The highest BCUT2D eigenvalue weighted by Gasteiger charge is 2.29. The second kappa shape index (κ2) is 11.1. The van der Waals surface area contributed by atoms with Gasteiger partial charge in [-0.2, -0.15) is 5.10 Å². The third-order valence-corrected chi connectivity index (χ3v) is 7.68. The molecule has 0 radical (unpaired) electrons. The second-order valence-corrected chi connectivity index (χ2v) is 11.3. The van der Waals surface area contributed by atoms with Crippen LogP contribution in [0.4, 0.5) is 5.69 Å². The average molecular weight is 562 g/mol. The summed E-state index contributed by atoms with van der Waals surface area (Å²) >= 11 is 12.2. The lowest BCUT2D eigenvalue weighted by atomic mass is 10.2. The van der Waals surface area contributed by atoms with Crippen molar-refractivity contribution in [2.75, 3.05) is 38.1 Å². The summed E-state index contributed by atoms with van der Waals surface area (Å²) in [7, 11) is -0.542. The Hall–Kier alpha value is -3.18. The summed E-state index contributed by atoms with van der Waals surface area (Å²) in [5.41, 5.74) is 1.86. The first kappa shape index (κ1) is 26.9. The minimum absolute atomic E-state index is 0.127. The lowest BCUT2D eigenvalue weighted by molar-refractivity contribution is -0.142. The van der Waals surface area contributed by atoms with Gasteiger partial charge in [-0.1, -0.05) is 23.2 Å². The van der Waals surface area contributed by atoms with Crippen LogP contribution in [0.3, 0.4) is 0 Å². The van der Waals surface area contributed by atoms with E-state index in [0.717, 1.165) is 20.9 Å². The molecular weight excluding hydrogens is 537 g/mol. The smallest absolute Gasteiger partial charge is 0.326 e. The van der Waals surface area contributed by atoms with Crippen LogP contribution in [0.25, 0.3) is 16.7 Å². The molecule has 0 N–H and O–H groups in total. The zero-order valence-corrected chi connectivity index (χ0v) is 22.8. The van der Waals surface area contributed by atoms with Crippen molar-refractivity contribution in [1.29, 1.82) is 0 Å². The highest BCUT2D eigenvalue weighted by molar-refractivity contribution is 7.92. The summed E-state index contributed by atoms with van der Waals surface area (Å²) in [5, 5.41) is 9.38. The molecule has 0 fully saturated rings. The van der Waals surface area contributed by atoms with E-state index in [1.165, 1.54) is 18.2 Å². The average Bonchev–Trinajstić information content (AvgIpc) is 3.25. The molecule has 2 aromatic heterocycles. The molecule has 0 atom stereocenters. The number of fused-ring (bicyclic) bond motifs is 1. The SMILES string of the molecule is Cc1ccc(-n2ccc3cc(N(CC(=O)OCCN(C)C)S(=O)(=O)c4cc(Cl)cc(Cl)c4)ccc32)nn1. The number of hydrogen-bond acceptors (Lipinski definition) is 7. The zero-order chi connectivity index (χ0) is 26.7. The lowest BCUT2D eigenvalue weighted by Crippen LogP contribution is -2.37. The normalized spacial score (nSPS) is 11.7. The number of esters is 1. The standard InChI is InChI=1S/C25H25Cl2N5O4S/c1-17-4-7-24(29-28-17)31-9-8-18-12-21(5-6-23(18)31)32(16-25(33)36-11-10-30(2)3)37(34,35)22-14-19(26)13-20(27)15-22/h4-9,12-15H,10-11,16H2,1-3H3. The van der Waals surface area contributed by atoms with Gasteiger partial charge in [-0.25, -0.2) is 8.42 Å². The van der Waals surface area contributed by atoms with Crippen molar-refractivity contribution in [3.63, 3.8) is 0 Å². The molecule has 0 aliphatic carbocycles. The maximum Gasteiger partial charge on any atom is 0.326 e. The largest absolute Gasteiger partial charge is 0.463 e. The first-order chi connectivity index (χ1) is 17.5. The van der Waals surface area contributed by atoms with Crippen molar-refractivity contribution in [3.05, 3.63) is 76.5 Å². The third-order valence-electron chi connectivity index (χ3n) is 5.49. The molecule has 194 valence electrons. The van der Waals surface area contributed by atoms with Gasteiger partial charge >= 0.3 is 5.97 Å². The van der Waals surface area contributed by atoms with Crippen molar-refractivity contribution in [1.82, 2.24) is 19.7 Å². The van der Waals surface area contributed by atoms with Crippen molar-refractivity contribution >= 4 is 55.8 Å². The summed E-state index contributed by atoms with van der Waals surface area (Å²) in [4.78, 5) is 14.4. The zero-order valence-electron chi connectivity index (χ0n) is 20.4. The molecule has 2 aromatic carbocycles. The van der Waals surface area contributed by atoms with Gasteiger partial charge in [0.25, 0.3) is 10.0 Å². The van der Waals surface area contributed by atoms with Gasteiger partial charge in [-0.05, 0) is 75.6 Å². The van der Waals surface area contributed by atoms with Crippen LogP contribution in [0.15, 0.2) is 65.7 Å². The van der Waals surface area contributed by atoms with Crippen LogP contribution in [0.2, 0.25) is 10.0 Å². The highest BCUT2D eigenvalue weighted by Crippen LogP contribution is 2.31. The Bertz CT molecular complexity index is 1520. The van der Waals surface area contributed by atoms with Crippen molar-refractivity contribution in [3.8, 4) is 5.82 Å². The quantitative estimate of drug-likeness (QED) is 0.280. The highest BCUT2D eigenvalue weighted by atomic mass is 35.5. The number of aryl methyl sites for hydroxylation is 1. The van der Waals surface area contributed by atoms with E-state index in [2.05, 4.69) is 10.2 Å². The Morgan fingerprint density at radius 1 is 1.00 bits per heavy atom. The number of benzene rings is 2. The Morgan fingerprint density at radius 2 is 1.73 bits per heavy atom. The van der Waals surface area contributed by atoms with Crippen LogP contribution in [0.5, 0.6) is 0 Å². The monoisotopic (exact) mass is 561 g/mol. The van der Waals surface area contributed by atoms with Crippen LogP contribution in [0, 0.1) is 6.92 Å². The van der Waals surface area contributed by atoms with E-state index in [1.54, 1.807) is 18.2 Å². The van der Waals surface area contributed by atoms with E-state index in [1.807, 2.05) is 54.9 Å². The number of likely N-dealkylation sites (N-methyl/N-ethyl adjacent to an activating group) is 1. The second-order valence-electron chi connectivity index (χ2n) is 8.60. The molecule has 4 aromatic rings. The van der Waals surface area contributed by atoms with Crippen LogP contribution >= 0.6 is 23.2 Å². The molecule has 0 saturated carbocycles. The molecule has 37 heavy (non-hydrogen) atoms. The number of hydrogen-bond donors (Lipinski definition) is 0. The summed E-state index contributed by atoms with van der Waals surface area (Å²) in [6, 6.07) is 14.6. The number of sulfonamides is 1. The Balaban J connectivity index is 1.74. The van der Waals surface area contributed by atoms with Gasteiger partial charge in [0.15, 0.2) is 5.82 Å². The van der Waals surface area contributed by atoms with E-state index >= 15 is 0 Å². The molecule has 4 rings (SSSR count). The summed E-state index contributed by atoms with van der Waals surface area (Å²) in [6.07, 6.45) is 1.82. The van der Waals surface area contributed by atoms with E-state index in [9.17, 15) is 13.2 Å². The summed E-state index contributed by atoms with van der Waals surface area (Å²) < 4.78 is 35.6. The van der Waals surface area contributed by atoms with Gasteiger partial charge in [0.05, 0.1) is 21.8 Å². The third kappa shape index (κ3) is 6.22. The maximum absolute atomic E-state index is 13.7. The fraction of sp³-hybridized carbons (Fsp3) is 0.240. The predicted octanol–water partition coefficient (Wildman–Crippen LogP) is 4.34. The van der Waals surface area contributed by atoms with Crippen LogP contribution in [-0.4, -0.2) is 67.8 Å². The molecule has 0 saturated heterocycles.